The molecule has 2 aromatic carbocycles. The smallest absolute Gasteiger partial charge is 0.226 e. The maximum Gasteiger partial charge on any atom is 0.232 e. The molecule has 0 unspecified atom stereocenters. The molecule has 0 saturated heterocycles. The van der Waals surface area contributed by atoms with Gasteiger partial charge in [0, 0.05) is 35.9 Å². The lowest BCUT2D eigenvalue weighted by Gasteiger charge is -2.41. The molecular weight excluding hydrogens is 668 g/mol. The highest BCUT2D eigenvalue weighted by Gasteiger charge is 2.38. The van der Waals surface area contributed by atoms with Gasteiger partial charge in [-0.3, -0.25) is 0 Å². The van der Waals surface area contributed by atoms with Crippen molar-refractivity contribution < 1.29 is 0 Å². The number of fused-ring (bicyclic) bond motifs is 2. The molecule has 0 amide bonds. The van der Waals surface area contributed by atoms with Crippen LogP contribution in [0.3, 0.4) is 0 Å². The molecule has 2 aliphatic carbocycles. The number of hydrogen-bond acceptors (Lipinski definition) is 6. The molecule has 0 bridgehead atoms. The van der Waals surface area contributed by atoms with Gasteiger partial charge in [-0.05, 0) is 110 Å². The molecule has 2 aliphatic rings. The van der Waals surface area contributed by atoms with E-state index >= 15 is 0 Å². The van der Waals surface area contributed by atoms with Gasteiger partial charge >= 0.3 is 0 Å². The lowest BCUT2D eigenvalue weighted by Crippen LogP contribution is -2.33. The van der Waals surface area contributed by atoms with E-state index in [1.165, 1.54) is 60.3 Å². The van der Waals surface area contributed by atoms with Crippen molar-refractivity contribution in [2.75, 3.05) is 0 Å². The van der Waals surface area contributed by atoms with Crippen molar-refractivity contribution >= 4 is 15.9 Å². The Morgan fingerprint density at radius 1 is 0.551 bits per heavy atom. The molecule has 248 valence electrons. The Kier molecular flexibility index (Phi) is 11.1. The molecule has 0 fully saturated rings. The van der Waals surface area contributed by atoms with Gasteiger partial charge in [-0.2, -0.15) is 10.5 Å². The molecule has 2 heterocycles. The number of nitriles is 2. The Bertz CT molecular complexity index is 2010. The highest BCUT2D eigenvalue weighted by molar-refractivity contribution is 9.10. The van der Waals surface area contributed by atoms with Gasteiger partial charge in [-0.15, -0.1) is 6.42 Å². The number of rotatable bonds is 0. The predicted molar refractivity (Wildman–Crippen MR) is 199 cm³/mol. The third kappa shape index (κ3) is 9.00. The summed E-state index contributed by atoms with van der Waals surface area (Å²) in [5.74, 6) is 9.38. The van der Waals surface area contributed by atoms with Crippen molar-refractivity contribution in [3.63, 3.8) is 0 Å². The van der Waals surface area contributed by atoms with Gasteiger partial charge in [-0.25, -0.2) is 19.9 Å². The van der Waals surface area contributed by atoms with E-state index in [1.807, 2.05) is 12.1 Å². The number of aromatic nitrogens is 4. The van der Waals surface area contributed by atoms with Crippen molar-refractivity contribution in [1.29, 1.82) is 10.5 Å². The Balaban J connectivity index is 0.000000185. The van der Waals surface area contributed by atoms with Crippen molar-refractivity contribution in [3.05, 3.63) is 116 Å². The average molecular weight is 712 g/mol. The quantitative estimate of drug-likeness (QED) is 0.169. The lowest BCUT2D eigenvalue weighted by molar-refractivity contribution is 0.332. The minimum absolute atomic E-state index is 0.165. The van der Waals surface area contributed by atoms with E-state index in [2.05, 4.69) is 145 Å². The molecule has 0 aliphatic heterocycles. The van der Waals surface area contributed by atoms with E-state index in [4.69, 9.17) is 16.9 Å². The Morgan fingerprint density at radius 3 is 1.35 bits per heavy atom. The minimum Gasteiger partial charge on any atom is -0.226 e. The molecular formula is C42H43BrN6. The number of hydrogen-bond donors (Lipinski definition) is 0. The maximum atomic E-state index is 8.73. The maximum absolute atomic E-state index is 8.73. The van der Waals surface area contributed by atoms with Crippen molar-refractivity contribution in [2.24, 2.45) is 0 Å². The van der Waals surface area contributed by atoms with Gasteiger partial charge < -0.3 is 0 Å². The average Bonchev–Trinajstić information content (AvgIpc) is 3.09. The molecule has 0 N–H and O–H groups in total. The molecule has 6 rings (SSSR count). The van der Waals surface area contributed by atoms with Gasteiger partial charge in [0.25, 0.3) is 0 Å². The zero-order valence-electron chi connectivity index (χ0n) is 29.7. The van der Waals surface area contributed by atoms with Crippen molar-refractivity contribution in [2.45, 2.75) is 103 Å². The third-order valence-corrected chi connectivity index (χ3v) is 10.1. The van der Waals surface area contributed by atoms with Crippen LogP contribution in [0.5, 0.6) is 0 Å². The first-order valence-corrected chi connectivity index (χ1v) is 17.2. The van der Waals surface area contributed by atoms with Crippen LogP contribution in [0.25, 0.3) is 0 Å². The van der Waals surface area contributed by atoms with Crippen LogP contribution in [0.2, 0.25) is 0 Å². The minimum atomic E-state index is 0.165. The Labute approximate surface area is 300 Å². The second kappa shape index (κ2) is 14.7. The van der Waals surface area contributed by atoms with Gasteiger partial charge in [0.1, 0.15) is 12.1 Å². The van der Waals surface area contributed by atoms with E-state index in [1.54, 1.807) is 12.4 Å². The summed E-state index contributed by atoms with van der Waals surface area (Å²) in [5.41, 5.74) is 9.43. The fraction of sp³-hybridized carbons (Fsp3) is 0.381. The van der Waals surface area contributed by atoms with E-state index in [-0.39, 0.29) is 33.3 Å². The van der Waals surface area contributed by atoms with E-state index in [0.29, 0.717) is 5.56 Å². The monoisotopic (exact) mass is 710 g/mol. The number of halogens is 1. The van der Waals surface area contributed by atoms with Gasteiger partial charge in [0.15, 0.2) is 0 Å². The fourth-order valence-corrected chi connectivity index (χ4v) is 6.51. The summed E-state index contributed by atoms with van der Waals surface area (Å²) in [6.45, 7) is 18.6. The van der Waals surface area contributed by atoms with Crippen LogP contribution in [-0.2, 0) is 21.7 Å². The first-order valence-electron chi connectivity index (χ1n) is 16.4. The van der Waals surface area contributed by atoms with E-state index in [9.17, 15) is 0 Å². The number of benzene rings is 2. The molecule has 0 spiro atoms. The Morgan fingerprint density at radius 2 is 0.918 bits per heavy atom. The number of nitrogens with zero attached hydrogens (tertiary/aromatic N) is 6. The molecule has 7 heteroatoms. The first kappa shape index (κ1) is 37.0. The summed E-state index contributed by atoms with van der Waals surface area (Å²) in [4.78, 5) is 15.2. The summed E-state index contributed by atoms with van der Waals surface area (Å²) in [6, 6.07) is 16.8. The standard InChI is InChI=1S/C21H21N3.C16H20.C5H2BrN3/c1-20(2)9-10-21(3,4)18-11-15(7-8-17(18)20)5-6-16-13-23-19(12-22)24-14-16;1-6-12-7-8-13-14(11-12)16(4,5)10-9-15(13,2)3;6-4-2-8-5(1-7)9-3-4/h7-8,11,13-14H,9-10H2,1-4H3;1,7-8,11H,9-10H2,2-5H3;2-3H. The van der Waals surface area contributed by atoms with Crippen LogP contribution in [0, 0.1) is 46.8 Å². The third-order valence-electron chi connectivity index (χ3n) is 9.70. The van der Waals surface area contributed by atoms with Crippen LogP contribution >= 0.6 is 15.9 Å². The molecule has 6 nitrogen and oxygen atoms in total. The van der Waals surface area contributed by atoms with Gasteiger partial charge in [0.05, 0.1) is 10.0 Å². The summed E-state index contributed by atoms with van der Waals surface area (Å²) < 4.78 is 0.779. The molecule has 0 saturated carbocycles. The lowest BCUT2D eigenvalue weighted by atomic mass is 9.63. The normalized spacial score (nSPS) is 16.8. The van der Waals surface area contributed by atoms with Crippen LogP contribution in [-0.4, -0.2) is 19.9 Å². The van der Waals surface area contributed by atoms with Crippen molar-refractivity contribution in [3.8, 4) is 36.3 Å². The summed E-state index contributed by atoms with van der Waals surface area (Å²) >= 11 is 3.14. The van der Waals surface area contributed by atoms with Crippen LogP contribution in [0.4, 0.5) is 0 Å². The molecule has 0 radical (unpaired) electrons. The first-order chi connectivity index (χ1) is 23.0. The summed E-state index contributed by atoms with van der Waals surface area (Å²) in [7, 11) is 0. The zero-order chi connectivity index (χ0) is 36.0. The van der Waals surface area contributed by atoms with Crippen LogP contribution in [0.15, 0.2) is 65.7 Å². The van der Waals surface area contributed by atoms with E-state index in [0.717, 1.165) is 15.6 Å². The predicted octanol–water partition coefficient (Wildman–Crippen LogP) is 9.22. The largest absolute Gasteiger partial charge is 0.232 e. The topological polar surface area (TPSA) is 99.1 Å². The molecule has 2 aromatic heterocycles. The van der Waals surface area contributed by atoms with Crippen LogP contribution in [0.1, 0.15) is 132 Å². The second-order valence-electron chi connectivity index (χ2n) is 15.2. The highest BCUT2D eigenvalue weighted by atomic mass is 79.9. The van der Waals surface area contributed by atoms with E-state index < -0.39 is 0 Å². The second-order valence-corrected chi connectivity index (χ2v) is 16.1. The van der Waals surface area contributed by atoms with Crippen molar-refractivity contribution in [1.82, 2.24) is 19.9 Å². The van der Waals surface area contributed by atoms with Gasteiger partial charge in [0.2, 0.25) is 11.6 Å². The Hall–Kier alpha value is -4.82. The summed E-state index contributed by atoms with van der Waals surface area (Å²) in [5, 5.41) is 17.0. The highest BCUT2D eigenvalue weighted by Crippen LogP contribution is 2.47. The molecule has 49 heavy (non-hydrogen) atoms. The molecule has 0 atom stereocenters. The molecule has 4 aromatic rings. The SMILES string of the molecule is C#Cc1ccc2c(c1)C(C)(C)CCC2(C)C.CC1(C)CCC(C)(C)c2cc(C#Cc3cnc(C#N)nc3)ccc21.N#Cc1ncc(Br)cn1. The van der Waals surface area contributed by atoms with Crippen LogP contribution < -0.4 is 0 Å². The summed E-state index contributed by atoms with van der Waals surface area (Å²) in [6.07, 6.45) is 16.6. The van der Waals surface area contributed by atoms with Gasteiger partial charge in [-0.1, -0.05) is 85.3 Å². The fourth-order valence-electron chi connectivity index (χ4n) is 6.31. The zero-order valence-corrected chi connectivity index (χ0v) is 31.3. The number of terminal acetylenes is 1.